The molecule has 0 aliphatic carbocycles. The molecule has 1 unspecified atom stereocenters. The molecule has 1 aliphatic rings. The van der Waals surface area contributed by atoms with E-state index >= 15 is 0 Å². The second-order valence-corrected chi connectivity index (χ2v) is 6.59. The molecule has 1 saturated heterocycles. The van der Waals surface area contributed by atoms with Gasteiger partial charge < -0.3 is 25.3 Å². The van der Waals surface area contributed by atoms with Gasteiger partial charge in [-0.25, -0.2) is 4.79 Å². The Labute approximate surface area is 167 Å². The lowest BCUT2D eigenvalue weighted by molar-refractivity contribution is -0.170. The van der Waals surface area contributed by atoms with Gasteiger partial charge in [-0.05, 0) is 26.0 Å². The average Bonchev–Trinajstić information content (AvgIpc) is 3.09. The summed E-state index contributed by atoms with van der Waals surface area (Å²) in [5, 5.41) is 33.8. The van der Waals surface area contributed by atoms with Crippen molar-refractivity contribution in [3.05, 3.63) is 48.2 Å². The van der Waals surface area contributed by atoms with Crippen molar-refractivity contribution in [1.82, 2.24) is 4.90 Å². The molecule has 1 aromatic carbocycles. The average molecular weight is 407 g/mol. The lowest BCUT2D eigenvalue weighted by atomic mass is 9.96. The number of aliphatic hydroxyl groups is 1. The van der Waals surface area contributed by atoms with Gasteiger partial charge in [-0.15, -0.1) is 0 Å². The second kappa shape index (κ2) is 11.0. The number of hydrogen-bond acceptors (Lipinski definition) is 6. The molecule has 0 bridgehead atoms. The molecule has 0 radical (unpaired) electrons. The second-order valence-electron chi connectivity index (χ2n) is 6.59. The van der Waals surface area contributed by atoms with Gasteiger partial charge in [0.2, 0.25) is 0 Å². The maximum absolute atomic E-state index is 12.3. The van der Waals surface area contributed by atoms with Crippen molar-refractivity contribution in [3.63, 3.8) is 0 Å². The third-order valence-corrected chi connectivity index (χ3v) is 4.28. The molecular formula is C20H25NO8. The minimum atomic E-state index is -2.74. The first kappa shape index (κ1) is 23.8. The molecular weight excluding hydrogens is 382 g/mol. The predicted octanol–water partition coefficient (Wildman–Crippen LogP) is 1.62. The first-order valence-corrected chi connectivity index (χ1v) is 8.98. The van der Waals surface area contributed by atoms with Crippen molar-refractivity contribution < 1.29 is 39.6 Å². The molecule has 1 fully saturated rings. The fraction of sp³-hybridized carbons (Fsp3) is 0.400. The number of rotatable bonds is 8. The molecule has 9 nitrogen and oxygen atoms in total. The van der Waals surface area contributed by atoms with E-state index in [0.717, 1.165) is 24.9 Å². The summed E-state index contributed by atoms with van der Waals surface area (Å²) in [4.78, 5) is 44.9. The molecule has 0 amide bonds. The van der Waals surface area contributed by atoms with Gasteiger partial charge in [-0.1, -0.05) is 36.4 Å². The van der Waals surface area contributed by atoms with Crippen molar-refractivity contribution in [2.75, 3.05) is 6.54 Å². The van der Waals surface area contributed by atoms with E-state index < -0.39 is 36.4 Å². The lowest BCUT2D eigenvalue weighted by Gasteiger charge is -2.21. The maximum atomic E-state index is 12.3. The Hall–Kier alpha value is -3.20. The zero-order valence-electron chi connectivity index (χ0n) is 16.0. The van der Waals surface area contributed by atoms with Gasteiger partial charge in [-0.3, -0.25) is 14.4 Å². The highest BCUT2D eigenvalue weighted by molar-refractivity contribution is 6.00. The molecule has 158 valence electrons. The van der Waals surface area contributed by atoms with Gasteiger partial charge in [0.25, 0.3) is 0 Å². The topological polar surface area (TPSA) is 152 Å². The maximum Gasteiger partial charge on any atom is 0.336 e. The van der Waals surface area contributed by atoms with E-state index in [1.54, 1.807) is 0 Å². The van der Waals surface area contributed by atoms with Crippen molar-refractivity contribution in [3.8, 4) is 0 Å². The van der Waals surface area contributed by atoms with Crippen LogP contribution in [0.5, 0.6) is 0 Å². The normalized spacial score (nSPS) is 16.2. The van der Waals surface area contributed by atoms with Crippen LogP contribution in [-0.2, 0) is 14.4 Å². The van der Waals surface area contributed by atoms with Crippen molar-refractivity contribution in [2.24, 2.45) is 0 Å². The SMILES string of the molecule is C/C=C\N1CCCC1C(=O)c1ccccc1.O=C(O)CC(O)(CC(=O)O)C(=O)O. The quantitative estimate of drug-likeness (QED) is 0.471. The highest BCUT2D eigenvalue weighted by Crippen LogP contribution is 2.21. The van der Waals surface area contributed by atoms with E-state index in [2.05, 4.69) is 4.90 Å². The van der Waals surface area contributed by atoms with Crippen LogP contribution in [0.25, 0.3) is 0 Å². The minimum absolute atomic E-state index is 0.0404. The molecule has 29 heavy (non-hydrogen) atoms. The summed E-state index contributed by atoms with van der Waals surface area (Å²) in [7, 11) is 0. The van der Waals surface area contributed by atoms with Crippen molar-refractivity contribution in [1.29, 1.82) is 0 Å². The molecule has 0 spiro atoms. The molecule has 2 rings (SSSR count). The van der Waals surface area contributed by atoms with Gasteiger partial charge in [0, 0.05) is 12.1 Å². The number of carboxylic acids is 3. The van der Waals surface area contributed by atoms with E-state index in [1.807, 2.05) is 49.5 Å². The largest absolute Gasteiger partial charge is 0.481 e. The Balaban J connectivity index is 0.000000298. The van der Waals surface area contributed by atoms with Crippen LogP contribution in [0.2, 0.25) is 0 Å². The fourth-order valence-corrected chi connectivity index (χ4v) is 2.95. The standard InChI is InChI=1S/C14H17NO.C6H8O7/c1-2-10-15-11-6-9-13(15)14(16)12-7-4-3-5-8-12;7-3(8)1-6(13,5(11)12)2-4(9)10/h2-5,7-8,10,13H,6,9,11H2,1H3;13H,1-2H2,(H,7,8)(H,9,10)(H,11,12)/b10-2-;. The number of likely N-dealkylation sites (tertiary alicyclic amines) is 1. The van der Waals surface area contributed by atoms with Crippen molar-refractivity contribution >= 4 is 23.7 Å². The number of carbonyl (C=O) groups is 4. The number of ketones is 1. The Morgan fingerprint density at radius 3 is 2.07 bits per heavy atom. The first-order chi connectivity index (χ1) is 13.6. The summed E-state index contributed by atoms with van der Waals surface area (Å²) < 4.78 is 0. The Kier molecular flexibility index (Phi) is 9.01. The molecule has 1 heterocycles. The van der Waals surface area contributed by atoms with Crippen LogP contribution in [0.1, 0.15) is 43.0 Å². The number of nitrogens with zero attached hydrogens (tertiary/aromatic N) is 1. The van der Waals surface area contributed by atoms with E-state index in [1.165, 1.54) is 0 Å². The van der Waals surface area contributed by atoms with E-state index in [-0.39, 0.29) is 11.8 Å². The van der Waals surface area contributed by atoms with Crippen LogP contribution >= 0.6 is 0 Å². The van der Waals surface area contributed by atoms with Crippen LogP contribution in [0.4, 0.5) is 0 Å². The zero-order valence-corrected chi connectivity index (χ0v) is 16.0. The van der Waals surface area contributed by atoms with Gasteiger partial charge in [-0.2, -0.15) is 0 Å². The monoisotopic (exact) mass is 407 g/mol. The zero-order chi connectivity index (χ0) is 22.0. The number of allylic oxidation sites excluding steroid dienone is 1. The first-order valence-electron chi connectivity index (χ1n) is 8.98. The van der Waals surface area contributed by atoms with Crippen LogP contribution in [0, 0.1) is 0 Å². The number of hydrogen-bond donors (Lipinski definition) is 4. The number of aliphatic carboxylic acids is 3. The highest BCUT2D eigenvalue weighted by Gasteiger charge is 2.40. The summed E-state index contributed by atoms with van der Waals surface area (Å²) in [5.74, 6) is -4.77. The third-order valence-electron chi connectivity index (χ3n) is 4.28. The summed E-state index contributed by atoms with van der Waals surface area (Å²) in [6.45, 7) is 2.98. The molecule has 4 N–H and O–H groups in total. The minimum Gasteiger partial charge on any atom is -0.481 e. The summed E-state index contributed by atoms with van der Waals surface area (Å²) in [6.07, 6.45) is 3.81. The molecule has 0 saturated carbocycles. The van der Waals surface area contributed by atoms with E-state index in [9.17, 15) is 19.2 Å². The lowest BCUT2D eigenvalue weighted by Crippen LogP contribution is -2.42. The number of benzene rings is 1. The van der Waals surface area contributed by atoms with E-state index in [4.69, 9.17) is 20.4 Å². The molecule has 9 heteroatoms. The highest BCUT2D eigenvalue weighted by atomic mass is 16.4. The van der Waals surface area contributed by atoms with Crippen LogP contribution in [0.15, 0.2) is 42.6 Å². The summed E-state index contributed by atoms with van der Waals surface area (Å²) in [6, 6.07) is 9.61. The summed E-state index contributed by atoms with van der Waals surface area (Å²) in [5.41, 5.74) is -1.92. The molecule has 1 atom stereocenters. The number of carboxylic acid groups (broad SMARTS) is 3. The molecule has 1 aromatic rings. The van der Waals surface area contributed by atoms with Crippen LogP contribution in [0.3, 0.4) is 0 Å². The van der Waals surface area contributed by atoms with E-state index in [0.29, 0.717) is 0 Å². The van der Waals surface area contributed by atoms with Crippen LogP contribution < -0.4 is 0 Å². The Morgan fingerprint density at radius 1 is 1.07 bits per heavy atom. The number of carbonyl (C=O) groups excluding carboxylic acids is 1. The Morgan fingerprint density at radius 2 is 1.62 bits per heavy atom. The molecule has 1 aliphatic heterocycles. The van der Waals surface area contributed by atoms with Crippen molar-refractivity contribution in [2.45, 2.75) is 44.2 Å². The van der Waals surface area contributed by atoms with Gasteiger partial charge in [0.05, 0.1) is 18.9 Å². The predicted molar refractivity (Wildman–Crippen MR) is 102 cm³/mol. The fourth-order valence-electron chi connectivity index (χ4n) is 2.95. The van der Waals surface area contributed by atoms with Gasteiger partial charge in [0.15, 0.2) is 11.4 Å². The number of Topliss-reactive ketones (excluding diaryl/α,β-unsaturated/α-hetero) is 1. The third kappa shape index (κ3) is 7.38. The van der Waals surface area contributed by atoms with Gasteiger partial charge in [0.1, 0.15) is 0 Å². The smallest absolute Gasteiger partial charge is 0.336 e. The van der Waals surface area contributed by atoms with Gasteiger partial charge >= 0.3 is 17.9 Å². The van der Waals surface area contributed by atoms with Crippen LogP contribution in [-0.4, -0.2) is 67.2 Å². The molecule has 0 aromatic heterocycles. The summed E-state index contributed by atoms with van der Waals surface area (Å²) >= 11 is 0. The Bertz CT molecular complexity index is 743.